The minimum atomic E-state index is -0.665. The largest absolute Gasteiger partial charge is 0.490 e. The molecule has 26 heavy (non-hydrogen) atoms. The van der Waals surface area contributed by atoms with Crippen molar-refractivity contribution < 1.29 is 14.3 Å². The molecule has 0 spiro atoms. The van der Waals surface area contributed by atoms with Crippen LogP contribution in [-0.4, -0.2) is 24.2 Å². The molecule has 0 heterocycles. The number of anilines is 1. The molecule has 0 aromatic heterocycles. The normalized spacial score (nSPS) is 17.6. The van der Waals surface area contributed by atoms with Gasteiger partial charge in [-0.05, 0) is 69.7 Å². The summed E-state index contributed by atoms with van der Waals surface area (Å²) in [4.78, 5) is 13.1. The van der Waals surface area contributed by atoms with Gasteiger partial charge < -0.3 is 14.8 Å². The van der Waals surface area contributed by atoms with E-state index in [1.54, 1.807) is 0 Å². The van der Waals surface area contributed by atoms with E-state index in [2.05, 4.69) is 26.1 Å². The average molecular weight is 362 g/mol. The number of carbonyl (C=O) groups excluding carboxylic acids is 1. The van der Waals surface area contributed by atoms with Crippen molar-refractivity contribution in [3.63, 3.8) is 0 Å². The van der Waals surface area contributed by atoms with Gasteiger partial charge in [0.1, 0.15) is 11.4 Å². The molecular formula is C22H35NO3. The van der Waals surface area contributed by atoms with Crippen molar-refractivity contribution in [3.05, 3.63) is 23.3 Å². The first kappa shape index (κ1) is 20.8. The predicted molar refractivity (Wildman–Crippen MR) is 107 cm³/mol. The van der Waals surface area contributed by atoms with Crippen molar-refractivity contribution in [2.75, 3.05) is 11.9 Å². The number of hydrogen-bond acceptors (Lipinski definition) is 3. The van der Waals surface area contributed by atoms with Crippen molar-refractivity contribution in [3.8, 4) is 5.75 Å². The fourth-order valence-corrected chi connectivity index (χ4v) is 3.60. The maximum absolute atomic E-state index is 13.1. The smallest absolute Gasteiger partial charge is 0.256 e. The fourth-order valence-electron chi connectivity index (χ4n) is 3.60. The number of amides is 1. The summed E-state index contributed by atoms with van der Waals surface area (Å²) in [5.41, 5.74) is 2.26. The van der Waals surface area contributed by atoms with Crippen LogP contribution in [0.4, 0.5) is 5.69 Å². The van der Waals surface area contributed by atoms with E-state index in [1.165, 1.54) is 6.42 Å². The van der Waals surface area contributed by atoms with Gasteiger partial charge in [0.25, 0.3) is 5.91 Å². The molecular weight excluding hydrogens is 326 g/mol. The number of benzene rings is 1. The van der Waals surface area contributed by atoms with Crippen molar-refractivity contribution in [1.29, 1.82) is 0 Å². The Kier molecular flexibility index (Phi) is 7.51. The summed E-state index contributed by atoms with van der Waals surface area (Å²) in [6.07, 6.45) is 6.99. The van der Waals surface area contributed by atoms with E-state index in [0.29, 0.717) is 6.61 Å². The van der Waals surface area contributed by atoms with Crippen LogP contribution in [-0.2, 0) is 9.53 Å². The number of carbonyl (C=O) groups is 1. The molecule has 1 aromatic rings. The Morgan fingerprint density at radius 3 is 2.31 bits per heavy atom. The molecule has 0 unspecified atom stereocenters. The molecule has 0 radical (unpaired) electrons. The van der Waals surface area contributed by atoms with E-state index >= 15 is 0 Å². The maximum atomic E-state index is 13.1. The third kappa shape index (κ3) is 5.00. The Balaban J connectivity index is 2.16. The number of ether oxygens (including phenoxy) is 2. The lowest BCUT2D eigenvalue weighted by atomic mass is 9.83. The average Bonchev–Trinajstić information content (AvgIpc) is 2.63. The molecule has 1 aliphatic carbocycles. The SMILES string of the molecule is CCCOC1(C(=O)Nc2cc(C)c(O[C@@H](C)CC)c(C)c2)CCCCC1. The van der Waals surface area contributed by atoms with Crippen LogP contribution in [0.3, 0.4) is 0 Å². The Bertz CT molecular complexity index is 582. The van der Waals surface area contributed by atoms with Gasteiger partial charge in [0.15, 0.2) is 0 Å². The maximum Gasteiger partial charge on any atom is 0.256 e. The van der Waals surface area contributed by atoms with Crippen LogP contribution >= 0.6 is 0 Å². The summed E-state index contributed by atoms with van der Waals surface area (Å²) in [6, 6.07) is 4.00. The second kappa shape index (κ2) is 9.40. The van der Waals surface area contributed by atoms with Crippen molar-refractivity contribution in [2.24, 2.45) is 0 Å². The van der Waals surface area contributed by atoms with Crippen molar-refractivity contribution >= 4 is 11.6 Å². The third-order valence-electron chi connectivity index (χ3n) is 5.27. The Morgan fingerprint density at radius 2 is 1.77 bits per heavy atom. The first-order valence-corrected chi connectivity index (χ1v) is 10.1. The van der Waals surface area contributed by atoms with Crippen LogP contribution in [0, 0.1) is 13.8 Å². The van der Waals surface area contributed by atoms with Gasteiger partial charge in [0.05, 0.1) is 6.10 Å². The van der Waals surface area contributed by atoms with Crippen LogP contribution in [0.15, 0.2) is 12.1 Å². The van der Waals surface area contributed by atoms with Gasteiger partial charge in [-0.2, -0.15) is 0 Å². The molecule has 0 aliphatic heterocycles. The standard InChI is InChI=1S/C22H35NO3/c1-6-13-25-22(11-9-8-10-12-22)21(24)23-19-14-16(3)20(17(4)15-19)26-18(5)7-2/h14-15,18H,6-13H2,1-5H3,(H,23,24)/t18-/m0/s1. The van der Waals surface area contributed by atoms with Crippen LogP contribution in [0.25, 0.3) is 0 Å². The van der Waals surface area contributed by atoms with Gasteiger partial charge in [-0.3, -0.25) is 4.79 Å². The summed E-state index contributed by atoms with van der Waals surface area (Å²) in [5, 5.41) is 3.12. The first-order valence-electron chi connectivity index (χ1n) is 10.1. The molecule has 0 saturated heterocycles. The lowest BCUT2D eigenvalue weighted by Gasteiger charge is -2.35. The van der Waals surface area contributed by atoms with Crippen LogP contribution < -0.4 is 10.1 Å². The highest BCUT2D eigenvalue weighted by Crippen LogP contribution is 2.34. The molecule has 1 aromatic carbocycles. The number of rotatable bonds is 8. The zero-order valence-corrected chi connectivity index (χ0v) is 17.1. The molecule has 1 fully saturated rings. The van der Waals surface area contributed by atoms with E-state index in [9.17, 15) is 4.79 Å². The van der Waals surface area contributed by atoms with E-state index in [0.717, 1.165) is 61.1 Å². The molecule has 1 amide bonds. The lowest BCUT2D eigenvalue weighted by molar-refractivity contribution is -0.146. The van der Waals surface area contributed by atoms with E-state index < -0.39 is 5.60 Å². The molecule has 1 aliphatic rings. The molecule has 1 N–H and O–H groups in total. The molecule has 4 nitrogen and oxygen atoms in total. The molecule has 2 rings (SSSR count). The fraction of sp³-hybridized carbons (Fsp3) is 0.682. The lowest BCUT2D eigenvalue weighted by Crippen LogP contribution is -2.47. The minimum absolute atomic E-state index is 0.0000413. The summed E-state index contributed by atoms with van der Waals surface area (Å²) < 4.78 is 12.1. The molecule has 146 valence electrons. The topological polar surface area (TPSA) is 47.6 Å². The van der Waals surface area contributed by atoms with Gasteiger partial charge >= 0.3 is 0 Å². The van der Waals surface area contributed by atoms with Gasteiger partial charge in [-0.15, -0.1) is 0 Å². The first-order chi connectivity index (χ1) is 12.4. The second-order valence-electron chi connectivity index (χ2n) is 7.63. The summed E-state index contributed by atoms with van der Waals surface area (Å²) in [6.45, 7) is 11.0. The highest BCUT2D eigenvalue weighted by atomic mass is 16.5. The summed E-state index contributed by atoms with van der Waals surface area (Å²) >= 11 is 0. The van der Waals surface area contributed by atoms with E-state index in [-0.39, 0.29) is 12.0 Å². The molecule has 1 saturated carbocycles. The second-order valence-corrected chi connectivity index (χ2v) is 7.63. The summed E-state index contributed by atoms with van der Waals surface area (Å²) in [5.74, 6) is 0.923. The van der Waals surface area contributed by atoms with Crippen LogP contribution in [0.5, 0.6) is 5.75 Å². The minimum Gasteiger partial charge on any atom is -0.490 e. The van der Waals surface area contributed by atoms with E-state index in [4.69, 9.17) is 9.47 Å². The van der Waals surface area contributed by atoms with Crippen LogP contribution in [0.1, 0.15) is 76.8 Å². The quantitative estimate of drug-likeness (QED) is 0.660. The summed E-state index contributed by atoms with van der Waals surface area (Å²) in [7, 11) is 0. The highest BCUT2D eigenvalue weighted by molar-refractivity contribution is 5.97. The zero-order valence-electron chi connectivity index (χ0n) is 17.1. The van der Waals surface area contributed by atoms with E-state index in [1.807, 2.05) is 26.0 Å². The highest BCUT2D eigenvalue weighted by Gasteiger charge is 2.40. The predicted octanol–water partition coefficient (Wildman–Crippen LogP) is 5.55. The number of hydrogen-bond donors (Lipinski definition) is 1. The molecule has 0 bridgehead atoms. The number of aryl methyl sites for hydroxylation is 2. The Morgan fingerprint density at radius 1 is 1.15 bits per heavy atom. The monoisotopic (exact) mass is 361 g/mol. The molecule has 4 heteroatoms. The van der Waals surface area contributed by atoms with Crippen molar-refractivity contribution in [2.45, 2.75) is 91.3 Å². The van der Waals surface area contributed by atoms with Gasteiger partial charge in [0.2, 0.25) is 0 Å². The van der Waals surface area contributed by atoms with Crippen molar-refractivity contribution in [1.82, 2.24) is 0 Å². The van der Waals surface area contributed by atoms with Gasteiger partial charge in [-0.1, -0.05) is 33.1 Å². The zero-order chi connectivity index (χ0) is 19.2. The Hall–Kier alpha value is -1.55. The van der Waals surface area contributed by atoms with Gasteiger partial charge in [-0.25, -0.2) is 0 Å². The third-order valence-corrected chi connectivity index (χ3v) is 5.27. The molecule has 1 atom stereocenters. The van der Waals surface area contributed by atoms with Gasteiger partial charge in [0, 0.05) is 12.3 Å². The Labute approximate surface area is 158 Å². The van der Waals surface area contributed by atoms with Crippen LogP contribution in [0.2, 0.25) is 0 Å². The number of nitrogens with one attached hydrogen (secondary N) is 1.